The van der Waals surface area contributed by atoms with Gasteiger partial charge in [0.25, 0.3) is 0 Å². The second kappa shape index (κ2) is 4.87. The van der Waals surface area contributed by atoms with Gasteiger partial charge in [-0.2, -0.15) is 5.10 Å². The Balaban J connectivity index is 1.60. The van der Waals surface area contributed by atoms with Crippen LogP contribution < -0.4 is 5.32 Å². The summed E-state index contributed by atoms with van der Waals surface area (Å²) in [6.45, 7) is 4.28. The maximum absolute atomic E-state index is 4.66. The Morgan fingerprint density at radius 3 is 2.40 bits per heavy atom. The van der Waals surface area contributed by atoms with Gasteiger partial charge in [0.05, 0.1) is 12.7 Å². The van der Waals surface area contributed by atoms with Gasteiger partial charge in [-0.25, -0.2) is 0 Å². The smallest absolute Gasteiger partial charge is 0.0537 e. The molecule has 1 aromatic heterocycles. The topological polar surface area (TPSA) is 29.9 Å². The minimum Gasteiger partial charge on any atom is -0.318 e. The van der Waals surface area contributed by atoms with Crippen molar-refractivity contribution in [1.82, 2.24) is 15.1 Å². The normalized spacial score (nSPS) is 38.6. The Labute approximate surface area is 122 Å². The van der Waals surface area contributed by atoms with E-state index >= 15 is 0 Å². The van der Waals surface area contributed by atoms with E-state index in [0.29, 0.717) is 0 Å². The molecule has 3 nitrogen and oxygen atoms in total. The lowest BCUT2D eigenvalue weighted by Crippen LogP contribution is -2.43. The van der Waals surface area contributed by atoms with Gasteiger partial charge in [-0.1, -0.05) is 0 Å². The van der Waals surface area contributed by atoms with Gasteiger partial charge in [0.1, 0.15) is 0 Å². The van der Waals surface area contributed by atoms with E-state index < -0.39 is 0 Å². The molecule has 4 aliphatic rings. The van der Waals surface area contributed by atoms with Crippen molar-refractivity contribution in [3.63, 3.8) is 0 Å². The molecule has 4 fully saturated rings. The molecule has 20 heavy (non-hydrogen) atoms. The van der Waals surface area contributed by atoms with Crippen LogP contribution in [0.1, 0.15) is 49.3 Å². The third-order valence-corrected chi connectivity index (χ3v) is 6.30. The first kappa shape index (κ1) is 12.9. The van der Waals surface area contributed by atoms with Crippen LogP contribution in [0.15, 0.2) is 6.20 Å². The van der Waals surface area contributed by atoms with E-state index in [0.717, 1.165) is 42.7 Å². The van der Waals surface area contributed by atoms with Crippen LogP contribution in [-0.4, -0.2) is 23.4 Å². The Bertz CT molecular complexity index is 462. The summed E-state index contributed by atoms with van der Waals surface area (Å²) in [5, 5.41) is 7.89. The molecule has 4 saturated carbocycles. The average molecular weight is 273 g/mol. The highest BCUT2D eigenvalue weighted by Crippen LogP contribution is 2.60. The van der Waals surface area contributed by atoms with E-state index in [2.05, 4.69) is 28.2 Å². The van der Waals surface area contributed by atoms with Crippen LogP contribution in [0.4, 0.5) is 0 Å². The lowest BCUT2D eigenvalue weighted by molar-refractivity contribution is -0.00302. The number of hydrogen-bond acceptors (Lipinski definition) is 2. The molecule has 0 radical (unpaired) electrons. The lowest BCUT2D eigenvalue weighted by Gasteiger charge is -2.54. The molecule has 1 heterocycles. The summed E-state index contributed by atoms with van der Waals surface area (Å²) in [4.78, 5) is 0. The highest BCUT2D eigenvalue weighted by Gasteiger charge is 2.49. The van der Waals surface area contributed by atoms with E-state index in [-0.39, 0.29) is 0 Å². The first-order valence-electron chi connectivity index (χ1n) is 8.43. The maximum Gasteiger partial charge on any atom is 0.0537 e. The molecule has 4 aliphatic carbocycles. The van der Waals surface area contributed by atoms with Gasteiger partial charge >= 0.3 is 0 Å². The third kappa shape index (κ3) is 1.93. The van der Waals surface area contributed by atoms with Gasteiger partial charge in [0, 0.05) is 12.2 Å². The number of nitrogens with zero attached hydrogens (tertiary/aromatic N) is 2. The van der Waals surface area contributed by atoms with Crippen LogP contribution in [0.2, 0.25) is 0 Å². The molecule has 4 bridgehead atoms. The van der Waals surface area contributed by atoms with Crippen LogP contribution in [0.3, 0.4) is 0 Å². The molecule has 3 heteroatoms. The van der Waals surface area contributed by atoms with E-state index in [4.69, 9.17) is 0 Å². The molecule has 0 spiro atoms. The molecule has 0 atom stereocenters. The fraction of sp³-hybridized carbons (Fsp3) is 0.824. The van der Waals surface area contributed by atoms with Crippen LogP contribution in [0, 0.1) is 30.6 Å². The summed E-state index contributed by atoms with van der Waals surface area (Å²) in [5.74, 6) is 4.88. The molecule has 1 aromatic rings. The Hall–Kier alpha value is -0.830. The van der Waals surface area contributed by atoms with Crippen molar-refractivity contribution >= 4 is 0 Å². The summed E-state index contributed by atoms with van der Waals surface area (Å²) in [6.07, 6.45) is 9.73. The SMILES string of the molecule is CNCCn1ncc(C2C3CC4CC(C3)CC2C4)c1C. The zero-order valence-electron chi connectivity index (χ0n) is 12.8. The quantitative estimate of drug-likeness (QED) is 0.914. The van der Waals surface area contributed by atoms with Crippen molar-refractivity contribution in [3.05, 3.63) is 17.5 Å². The number of rotatable bonds is 4. The fourth-order valence-electron chi connectivity index (χ4n) is 5.66. The van der Waals surface area contributed by atoms with Crippen molar-refractivity contribution < 1.29 is 0 Å². The first-order chi connectivity index (χ1) is 9.76. The molecule has 0 unspecified atom stereocenters. The van der Waals surface area contributed by atoms with E-state index in [1.54, 1.807) is 12.0 Å². The number of aromatic nitrogens is 2. The summed E-state index contributed by atoms with van der Waals surface area (Å²) < 4.78 is 2.21. The number of likely N-dealkylation sites (N-methyl/N-ethyl adjacent to an activating group) is 1. The summed E-state index contributed by atoms with van der Waals surface area (Å²) >= 11 is 0. The Morgan fingerprint density at radius 1 is 1.15 bits per heavy atom. The van der Waals surface area contributed by atoms with Crippen LogP contribution in [0.5, 0.6) is 0 Å². The fourth-order valence-corrected chi connectivity index (χ4v) is 5.66. The molecule has 110 valence electrons. The summed E-state index contributed by atoms with van der Waals surface area (Å²) in [7, 11) is 2.01. The average Bonchev–Trinajstić information content (AvgIpc) is 2.77. The Morgan fingerprint density at radius 2 is 1.80 bits per heavy atom. The molecule has 1 N–H and O–H groups in total. The molecular formula is C17H27N3. The van der Waals surface area contributed by atoms with Crippen LogP contribution in [-0.2, 0) is 6.54 Å². The minimum absolute atomic E-state index is 0.825. The van der Waals surface area contributed by atoms with Gasteiger partial charge in [-0.3, -0.25) is 4.68 Å². The molecule has 0 aliphatic heterocycles. The molecular weight excluding hydrogens is 246 g/mol. The third-order valence-electron chi connectivity index (χ3n) is 6.30. The van der Waals surface area contributed by atoms with Crippen molar-refractivity contribution in [2.24, 2.45) is 23.7 Å². The summed E-state index contributed by atoms with van der Waals surface area (Å²) in [6, 6.07) is 0. The number of hydrogen-bond donors (Lipinski definition) is 1. The maximum atomic E-state index is 4.66. The lowest BCUT2D eigenvalue weighted by atomic mass is 9.51. The monoisotopic (exact) mass is 273 g/mol. The molecule has 0 amide bonds. The standard InChI is InChI=1S/C17H27N3/c1-11-16(10-19-20(11)4-3-18-2)17-14-6-12-5-13(8-14)9-15(17)7-12/h10,12-15,17-18H,3-9H2,1-2H3. The van der Waals surface area contributed by atoms with Crippen LogP contribution >= 0.6 is 0 Å². The van der Waals surface area contributed by atoms with Crippen molar-refractivity contribution in [2.45, 2.75) is 51.5 Å². The van der Waals surface area contributed by atoms with Gasteiger partial charge in [-0.15, -0.1) is 0 Å². The number of nitrogens with one attached hydrogen (secondary N) is 1. The predicted molar refractivity (Wildman–Crippen MR) is 80.7 cm³/mol. The van der Waals surface area contributed by atoms with Crippen molar-refractivity contribution in [3.8, 4) is 0 Å². The summed E-state index contributed by atoms with van der Waals surface area (Å²) in [5.41, 5.74) is 3.01. The van der Waals surface area contributed by atoms with Crippen molar-refractivity contribution in [1.29, 1.82) is 0 Å². The predicted octanol–water partition coefficient (Wildman–Crippen LogP) is 2.95. The van der Waals surface area contributed by atoms with Crippen LogP contribution in [0.25, 0.3) is 0 Å². The minimum atomic E-state index is 0.825. The van der Waals surface area contributed by atoms with Crippen molar-refractivity contribution in [2.75, 3.05) is 13.6 Å². The van der Waals surface area contributed by atoms with E-state index in [9.17, 15) is 0 Å². The molecule has 0 aromatic carbocycles. The molecule has 5 rings (SSSR count). The Kier molecular flexibility index (Phi) is 3.13. The first-order valence-corrected chi connectivity index (χ1v) is 8.43. The van der Waals surface area contributed by atoms with Gasteiger partial charge in [0.2, 0.25) is 0 Å². The van der Waals surface area contributed by atoms with Gasteiger partial charge < -0.3 is 5.32 Å². The highest BCUT2D eigenvalue weighted by molar-refractivity contribution is 5.26. The zero-order chi connectivity index (χ0) is 13.7. The van der Waals surface area contributed by atoms with Gasteiger partial charge in [0.15, 0.2) is 0 Å². The molecule has 0 saturated heterocycles. The largest absolute Gasteiger partial charge is 0.318 e. The highest BCUT2D eigenvalue weighted by atomic mass is 15.3. The zero-order valence-corrected chi connectivity index (χ0v) is 12.8. The van der Waals surface area contributed by atoms with E-state index in [1.165, 1.54) is 31.4 Å². The van der Waals surface area contributed by atoms with Gasteiger partial charge in [-0.05, 0) is 81.2 Å². The second-order valence-corrected chi connectivity index (χ2v) is 7.47. The van der Waals surface area contributed by atoms with E-state index in [1.807, 2.05) is 7.05 Å². The second-order valence-electron chi connectivity index (χ2n) is 7.47.